The Morgan fingerprint density at radius 3 is 2.74 bits per heavy atom. The van der Waals surface area contributed by atoms with Crippen LogP contribution >= 0.6 is 27.7 Å². The fraction of sp³-hybridized carbons (Fsp3) is 0.250. The van der Waals surface area contributed by atoms with E-state index in [0.29, 0.717) is 22.6 Å². The second kappa shape index (κ2) is 8.27. The standard InChI is InChI=1S/C20H20BrN3O2S/c1-4-24-19(26)15-10-14(21)7-8-16(15)23-20(24)27-11-18(25)22-17-9-12(2)5-6-13(17)3/h5-10H,4,11H2,1-3H3,(H,22,25). The fourth-order valence-electron chi connectivity index (χ4n) is 2.75. The number of thioether (sulfide) groups is 1. The number of anilines is 1. The summed E-state index contributed by atoms with van der Waals surface area (Å²) in [5.74, 6) is 0.0588. The van der Waals surface area contributed by atoms with Gasteiger partial charge in [0.25, 0.3) is 5.56 Å². The van der Waals surface area contributed by atoms with Crippen LogP contribution in [0.2, 0.25) is 0 Å². The van der Waals surface area contributed by atoms with Gasteiger partial charge in [-0.1, -0.05) is 39.8 Å². The van der Waals surface area contributed by atoms with Crippen LogP contribution in [0.15, 0.2) is 50.8 Å². The lowest BCUT2D eigenvalue weighted by Crippen LogP contribution is -2.23. The highest BCUT2D eigenvalue weighted by atomic mass is 79.9. The first-order valence-electron chi connectivity index (χ1n) is 8.59. The Kier molecular flexibility index (Phi) is 6.01. The van der Waals surface area contributed by atoms with E-state index in [1.54, 1.807) is 16.7 Å². The van der Waals surface area contributed by atoms with Crippen LogP contribution in [0.25, 0.3) is 10.9 Å². The molecule has 0 atom stereocenters. The molecule has 3 rings (SSSR count). The number of hydrogen-bond acceptors (Lipinski definition) is 4. The van der Waals surface area contributed by atoms with Gasteiger partial charge in [-0.25, -0.2) is 4.98 Å². The number of halogens is 1. The van der Waals surface area contributed by atoms with Gasteiger partial charge in [-0.15, -0.1) is 0 Å². The van der Waals surface area contributed by atoms with E-state index >= 15 is 0 Å². The van der Waals surface area contributed by atoms with E-state index < -0.39 is 0 Å². The summed E-state index contributed by atoms with van der Waals surface area (Å²) < 4.78 is 2.44. The number of aromatic nitrogens is 2. The van der Waals surface area contributed by atoms with Gasteiger partial charge >= 0.3 is 0 Å². The normalized spacial score (nSPS) is 11.0. The predicted molar refractivity (Wildman–Crippen MR) is 115 cm³/mol. The van der Waals surface area contributed by atoms with Crippen molar-refractivity contribution in [3.63, 3.8) is 0 Å². The third kappa shape index (κ3) is 4.42. The summed E-state index contributed by atoms with van der Waals surface area (Å²) in [6.45, 7) is 6.34. The monoisotopic (exact) mass is 445 g/mol. The summed E-state index contributed by atoms with van der Waals surface area (Å²) in [5, 5.41) is 4.05. The smallest absolute Gasteiger partial charge is 0.262 e. The highest BCUT2D eigenvalue weighted by Gasteiger charge is 2.13. The molecule has 0 bridgehead atoms. The number of nitrogens with zero attached hydrogens (tertiary/aromatic N) is 2. The molecule has 3 aromatic rings. The number of carbonyl (C=O) groups excluding carboxylic acids is 1. The molecule has 0 fully saturated rings. The van der Waals surface area contributed by atoms with Crippen LogP contribution in [0.5, 0.6) is 0 Å². The lowest BCUT2D eigenvalue weighted by molar-refractivity contribution is -0.113. The Morgan fingerprint density at radius 2 is 2.00 bits per heavy atom. The van der Waals surface area contributed by atoms with E-state index in [9.17, 15) is 9.59 Å². The van der Waals surface area contributed by atoms with Crippen molar-refractivity contribution in [2.45, 2.75) is 32.5 Å². The van der Waals surface area contributed by atoms with Crippen molar-refractivity contribution in [2.75, 3.05) is 11.1 Å². The van der Waals surface area contributed by atoms with E-state index in [-0.39, 0.29) is 17.2 Å². The average Bonchev–Trinajstić information content (AvgIpc) is 2.64. The quantitative estimate of drug-likeness (QED) is 0.462. The lowest BCUT2D eigenvalue weighted by atomic mass is 10.1. The second-order valence-electron chi connectivity index (χ2n) is 6.26. The number of benzene rings is 2. The zero-order valence-corrected chi connectivity index (χ0v) is 17.8. The molecule has 0 aliphatic carbocycles. The maximum Gasteiger partial charge on any atom is 0.262 e. The third-order valence-electron chi connectivity index (χ3n) is 4.20. The van der Waals surface area contributed by atoms with Crippen LogP contribution in [0, 0.1) is 13.8 Å². The molecule has 1 heterocycles. The maximum absolute atomic E-state index is 12.7. The first-order chi connectivity index (χ1) is 12.9. The van der Waals surface area contributed by atoms with Crippen LogP contribution in [-0.4, -0.2) is 21.2 Å². The van der Waals surface area contributed by atoms with Crippen molar-refractivity contribution in [3.05, 3.63) is 62.4 Å². The highest BCUT2D eigenvalue weighted by Crippen LogP contribution is 2.22. The molecule has 0 unspecified atom stereocenters. The topological polar surface area (TPSA) is 64.0 Å². The SMILES string of the molecule is CCn1c(SCC(=O)Nc2cc(C)ccc2C)nc2ccc(Br)cc2c1=O. The van der Waals surface area contributed by atoms with Gasteiger partial charge in [0, 0.05) is 16.7 Å². The molecule has 5 nitrogen and oxygen atoms in total. The van der Waals surface area contributed by atoms with Crippen molar-refractivity contribution in [1.29, 1.82) is 0 Å². The molecule has 2 aromatic carbocycles. The van der Waals surface area contributed by atoms with Crippen LogP contribution in [-0.2, 0) is 11.3 Å². The van der Waals surface area contributed by atoms with Gasteiger partial charge in [0.2, 0.25) is 5.91 Å². The summed E-state index contributed by atoms with van der Waals surface area (Å²) >= 11 is 4.66. The molecule has 0 spiro atoms. The Hall–Kier alpha value is -2.12. The largest absolute Gasteiger partial charge is 0.325 e. The minimum Gasteiger partial charge on any atom is -0.325 e. The summed E-state index contributed by atoms with van der Waals surface area (Å²) in [6, 6.07) is 11.4. The number of fused-ring (bicyclic) bond motifs is 1. The molecule has 1 N–H and O–H groups in total. The van der Waals surface area contributed by atoms with E-state index in [0.717, 1.165) is 21.3 Å². The predicted octanol–water partition coefficient (Wildman–Crippen LogP) is 4.53. The molecular weight excluding hydrogens is 426 g/mol. The Labute approximate surface area is 170 Å². The molecule has 1 amide bonds. The maximum atomic E-state index is 12.7. The van der Waals surface area contributed by atoms with Crippen molar-refractivity contribution < 1.29 is 4.79 Å². The van der Waals surface area contributed by atoms with Gasteiger partial charge in [-0.05, 0) is 56.2 Å². The number of hydrogen-bond donors (Lipinski definition) is 1. The van der Waals surface area contributed by atoms with Gasteiger partial charge < -0.3 is 5.32 Å². The number of carbonyl (C=O) groups is 1. The number of aryl methyl sites for hydroxylation is 2. The number of nitrogens with one attached hydrogen (secondary N) is 1. The molecule has 0 saturated carbocycles. The van der Waals surface area contributed by atoms with E-state index in [2.05, 4.69) is 26.2 Å². The molecule has 0 saturated heterocycles. The minimum atomic E-state index is -0.124. The molecule has 0 aliphatic heterocycles. The molecular formula is C20H20BrN3O2S. The summed E-state index contributed by atoms with van der Waals surface area (Å²) in [6.07, 6.45) is 0. The summed E-state index contributed by atoms with van der Waals surface area (Å²) in [4.78, 5) is 29.7. The molecule has 0 radical (unpaired) electrons. The van der Waals surface area contributed by atoms with E-state index in [4.69, 9.17) is 0 Å². The third-order valence-corrected chi connectivity index (χ3v) is 5.67. The lowest BCUT2D eigenvalue weighted by Gasteiger charge is -2.12. The van der Waals surface area contributed by atoms with Crippen molar-refractivity contribution in [1.82, 2.24) is 9.55 Å². The molecule has 27 heavy (non-hydrogen) atoms. The molecule has 1 aromatic heterocycles. The molecule has 7 heteroatoms. The van der Waals surface area contributed by atoms with Crippen molar-refractivity contribution in [3.8, 4) is 0 Å². The first-order valence-corrected chi connectivity index (χ1v) is 10.4. The average molecular weight is 446 g/mol. The Bertz CT molecular complexity index is 1080. The number of amides is 1. The van der Waals surface area contributed by atoms with Gasteiger partial charge in [-0.3, -0.25) is 14.2 Å². The van der Waals surface area contributed by atoms with Crippen molar-refractivity contribution in [2.24, 2.45) is 0 Å². The van der Waals surface area contributed by atoms with E-state index in [1.165, 1.54) is 11.8 Å². The summed E-state index contributed by atoms with van der Waals surface area (Å²) in [5.41, 5.74) is 3.45. The Balaban J connectivity index is 1.82. The van der Waals surface area contributed by atoms with Gasteiger partial charge in [0.05, 0.1) is 16.7 Å². The molecule has 0 aliphatic rings. The number of rotatable bonds is 5. The van der Waals surface area contributed by atoms with Gasteiger partial charge in [-0.2, -0.15) is 0 Å². The first kappa shape index (κ1) is 19.6. The zero-order chi connectivity index (χ0) is 19.6. The van der Waals surface area contributed by atoms with Crippen LogP contribution in [0.3, 0.4) is 0 Å². The van der Waals surface area contributed by atoms with Gasteiger partial charge in [0.1, 0.15) is 0 Å². The second-order valence-corrected chi connectivity index (χ2v) is 8.12. The van der Waals surface area contributed by atoms with E-state index in [1.807, 2.05) is 45.0 Å². The summed E-state index contributed by atoms with van der Waals surface area (Å²) in [7, 11) is 0. The fourth-order valence-corrected chi connectivity index (χ4v) is 3.97. The highest BCUT2D eigenvalue weighted by molar-refractivity contribution is 9.10. The van der Waals surface area contributed by atoms with Gasteiger partial charge in [0.15, 0.2) is 5.16 Å². The zero-order valence-electron chi connectivity index (χ0n) is 15.4. The van der Waals surface area contributed by atoms with Crippen LogP contribution in [0.1, 0.15) is 18.1 Å². The van der Waals surface area contributed by atoms with Crippen LogP contribution in [0.4, 0.5) is 5.69 Å². The molecule has 140 valence electrons. The van der Waals surface area contributed by atoms with Crippen molar-refractivity contribution >= 4 is 50.2 Å². The Morgan fingerprint density at radius 1 is 1.22 bits per heavy atom. The minimum absolute atomic E-state index is 0.0961. The van der Waals surface area contributed by atoms with Crippen LogP contribution < -0.4 is 10.9 Å².